The summed E-state index contributed by atoms with van der Waals surface area (Å²) < 4.78 is 8.07. The zero-order valence-electron chi connectivity index (χ0n) is 15.5. The van der Waals surface area contributed by atoms with Crippen molar-refractivity contribution in [2.24, 2.45) is 5.41 Å². The van der Waals surface area contributed by atoms with Gasteiger partial charge in [0.25, 0.3) is 0 Å². The summed E-state index contributed by atoms with van der Waals surface area (Å²) in [5.74, 6) is 1.44. The molecule has 2 heterocycles. The van der Waals surface area contributed by atoms with Crippen molar-refractivity contribution in [2.45, 2.75) is 44.4 Å². The minimum absolute atomic E-state index is 0.220. The molecule has 6 nitrogen and oxygen atoms in total. The summed E-state index contributed by atoms with van der Waals surface area (Å²) in [5.41, 5.74) is 0.675. The van der Waals surface area contributed by atoms with Gasteiger partial charge in [0.1, 0.15) is 11.6 Å². The first-order valence-electron chi connectivity index (χ1n) is 9.45. The van der Waals surface area contributed by atoms with E-state index in [2.05, 4.69) is 10.2 Å². The summed E-state index contributed by atoms with van der Waals surface area (Å²) in [5, 5.41) is 19.2. The monoisotopic (exact) mass is 397 g/mol. The number of carboxylic acid groups (broad SMARTS) is 1. The Morgan fingerprint density at radius 2 is 1.89 bits per heavy atom. The number of carboxylic acids is 1. The Morgan fingerprint density at radius 1 is 1.14 bits per heavy atom. The molecule has 3 aromatic rings. The standard InChI is InChI=1S/C21H20ClN3O3/c1-13-14(22)4-2-5-15(13)28-16-6-3-11-25-17(16)23-24-18(25)20-7-9-21(12-20,10-8-20)19(26)27/h2-6,11H,7-10,12H2,1H3,(H,26,27). The van der Waals surface area contributed by atoms with E-state index in [9.17, 15) is 9.90 Å². The highest BCUT2D eigenvalue weighted by atomic mass is 35.5. The first kappa shape index (κ1) is 17.5. The molecule has 2 aromatic heterocycles. The van der Waals surface area contributed by atoms with Crippen LogP contribution in [0.2, 0.25) is 5.02 Å². The lowest BCUT2D eigenvalue weighted by Crippen LogP contribution is -2.25. The van der Waals surface area contributed by atoms with E-state index >= 15 is 0 Å². The Labute approximate surface area is 167 Å². The molecule has 28 heavy (non-hydrogen) atoms. The van der Waals surface area contributed by atoms with Crippen molar-refractivity contribution in [1.82, 2.24) is 14.6 Å². The predicted molar refractivity (Wildman–Crippen MR) is 104 cm³/mol. The SMILES string of the molecule is Cc1c(Cl)cccc1Oc1cccn2c(C34CCC(C(=O)O)(CC3)C4)nnc12. The third-order valence-electron chi connectivity index (χ3n) is 6.61. The molecular weight excluding hydrogens is 378 g/mol. The number of aliphatic carboxylic acids is 1. The molecule has 0 saturated heterocycles. The molecule has 0 atom stereocenters. The number of hydrogen-bond acceptors (Lipinski definition) is 4. The number of nitrogens with zero attached hydrogens (tertiary/aromatic N) is 3. The number of ether oxygens (including phenoxy) is 1. The normalized spacial score (nSPS) is 26.1. The Bertz CT molecular complexity index is 1100. The summed E-state index contributed by atoms with van der Waals surface area (Å²) in [6.45, 7) is 1.91. The summed E-state index contributed by atoms with van der Waals surface area (Å²) in [4.78, 5) is 11.8. The molecule has 144 valence electrons. The third kappa shape index (κ3) is 2.37. The number of carbonyl (C=O) groups is 1. The zero-order valence-corrected chi connectivity index (χ0v) is 16.2. The number of benzene rings is 1. The van der Waals surface area contributed by atoms with Crippen molar-refractivity contribution >= 4 is 23.2 Å². The van der Waals surface area contributed by atoms with Crippen LogP contribution in [0.1, 0.15) is 43.5 Å². The van der Waals surface area contributed by atoms with Gasteiger partial charge in [-0.3, -0.25) is 9.20 Å². The van der Waals surface area contributed by atoms with Crippen molar-refractivity contribution in [3.8, 4) is 11.5 Å². The third-order valence-corrected chi connectivity index (χ3v) is 7.02. The number of rotatable bonds is 4. The fraction of sp³-hybridized carbons (Fsp3) is 0.381. The summed E-state index contributed by atoms with van der Waals surface area (Å²) >= 11 is 6.21. The van der Waals surface area contributed by atoms with E-state index in [4.69, 9.17) is 16.3 Å². The number of pyridine rings is 1. The molecule has 0 spiro atoms. The highest BCUT2D eigenvalue weighted by Gasteiger charge is 2.60. The van der Waals surface area contributed by atoms with Gasteiger partial charge in [0.15, 0.2) is 5.75 Å². The number of hydrogen-bond donors (Lipinski definition) is 1. The first-order chi connectivity index (χ1) is 13.4. The molecule has 2 aliphatic carbocycles. The molecular formula is C21H20ClN3O3. The van der Waals surface area contributed by atoms with Crippen molar-refractivity contribution < 1.29 is 14.6 Å². The largest absolute Gasteiger partial charge is 0.481 e. The van der Waals surface area contributed by atoms with Gasteiger partial charge >= 0.3 is 5.97 Å². The minimum atomic E-state index is -0.679. The van der Waals surface area contributed by atoms with E-state index in [1.807, 2.05) is 47.9 Å². The van der Waals surface area contributed by atoms with Crippen LogP contribution in [0.15, 0.2) is 36.5 Å². The number of aromatic nitrogens is 3. The topological polar surface area (TPSA) is 76.7 Å². The van der Waals surface area contributed by atoms with Crippen LogP contribution >= 0.6 is 11.6 Å². The van der Waals surface area contributed by atoms with Gasteiger partial charge < -0.3 is 9.84 Å². The zero-order chi connectivity index (χ0) is 19.5. The Morgan fingerprint density at radius 3 is 2.61 bits per heavy atom. The average Bonchev–Trinajstić information content (AvgIpc) is 3.38. The number of halogens is 1. The molecule has 2 bridgehead atoms. The van der Waals surface area contributed by atoms with Gasteiger partial charge in [0.05, 0.1) is 5.41 Å². The van der Waals surface area contributed by atoms with Crippen LogP contribution in [0.5, 0.6) is 11.5 Å². The van der Waals surface area contributed by atoms with Crippen LogP contribution in [-0.4, -0.2) is 25.7 Å². The predicted octanol–water partition coefficient (Wildman–Crippen LogP) is 4.77. The molecule has 1 aromatic carbocycles. The quantitative estimate of drug-likeness (QED) is 0.686. The smallest absolute Gasteiger partial charge is 0.309 e. The summed E-state index contributed by atoms with van der Waals surface area (Å²) in [6, 6.07) is 9.31. The van der Waals surface area contributed by atoms with Crippen molar-refractivity contribution in [2.75, 3.05) is 0 Å². The van der Waals surface area contributed by atoms with Gasteiger partial charge in [0, 0.05) is 22.2 Å². The fourth-order valence-corrected chi connectivity index (χ4v) is 5.12. The Kier molecular flexibility index (Phi) is 3.72. The molecule has 2 aliphatic rings. The van der Waals surface area contributed by atoms with E-state index in [0.717, 1.165) is 24.2 Å². The van der Waals surface area contributed by atoms with Crippen molar-refractivity contribution in [3.05, 3.63) is 52.9 Å². The maximum absolute atomic E-state index is 11.8. The first-order valence-corrected chi connectivity index (χ1v) is 9.83. The molecule has 0 radical (unpaired) electrons. The fourth-order valence-electron chi connectivity index (χ4n) is 4.95. The highest BCUT2D eigenvalue weighted by Crippen LogP contribution is 2.62. The molecule has 2 saturated carbocycles. The summed E-state index contributed by atoms with van der Waals surface area (Å²) in [6.07, 6.45) is 5.63. The Balaban J connectivity index is 1.55. The lowest BCUT2D eigenvalue weighted by molar-refractivity contribution is -0.148. The van der Waals surface area contributed by atoms with E-state index in [1.165, 1.54) is 0 Å². The molecule has 1 N–H and O–H groups in total. The van der Waals surface area contributed by atoms with Crippen LogP contribution in [0, 0.1) is 12.3 Å². The van der Waals surface area contributed by atoms with E-state index in [-0.39, 0.29) is 5.41 Å². The van der Waals surface area contributed by atoms with Crippen LogP contribution in [0.25, 0.3) is 5.65 Å². The molecule has 7 heteroatoms. The van der Waals surface area contributed by atoms with Crippen LogP contribution in [-0.2, 0) is 10.2 Å². The van der Waals surface area contributed by atoms with Gasteiger partial charge in [-0.2, -0.15) is 0 Å². The average molecular weight is 398 g/mol. The van der Waals surface area contributed by atoms with Crippen LogP contribution < -0.4 is 4.74 Å². The van der Waals surface area contributed by atoms with Crippen molar-refractivity contribution in [3.63, 3.8) is 0 Å². The van der Waals surface area contributed by atoms with Crippen LogP contribution in [0.3, 0.4) is 0 Å². The van der Waals surface area contributed by atoms with Gasteiger partial charge in [0.2, 0.25) is 5.65 Å². The van der Waals surface area contributed by atoms with Gasteiger partial charge in [-0.15, -0.1) is 10.2 Å². The van der Waals surface area contributed by atoms with E-state index < -0.39 is 11.4 Å². The number of fused-ring (bicyclic) bond motifs is 3. The second-order valence-electron chi connectivity index (χ2n) is 8.10. The Hall–Kier alpha value is -2.60. The minimum Gasteiger partial charge on any atom is -0.481 e. The maximum Gasteiger partial charge on any atom is 0.309 e. The molecule has 5 rings (SSSR count). The lowest BCUT2D eigenvalue weighted by atomic mass is 9.81. The van der Waals surface area contributed by atoms with Gasteiger partial charge in [-0.05, 0) is 63.3 Å². The lowest BCUT2D eigenvalue weighted by Gasteiger charge is -2.24. The molecule has 0 unspecified atom stereocenters. The summed E-state index contributed by atoms with van der Waals surface area (Å²) in [7, 11) is 0. The van der Waals surface area contributed by atoms with E-state index in [1.54, 1.807) is 0 Å². The molecule has 0 amide bonds. The maximum atomic E-state index is 11.8. The van der Waals surface area contributed by atoms with Crippen LogP contribution in [0.4, 0.5) is 0 Å². The second kappa shape index (κ2) is 5.95. The van der Waals surface area contributed by atoms with Crippen molar-refractivity contribution in [1.29, 1.82) is 0 Å². The molecule has 0 aliphatic heterocycles. The molecule has 2 fully saturated rings. The highest BCUT2D eigenvalue weighted by molar-refractivity contribution is 6.31. The van der Waals surface area contributed by atoms with E-state index in [0.29, 0.717) is 41.4 Å². The second-order valence-corrected chi connectivity index (χ2v) is 8.50. The van der Waals surface area contributed by atoms with Gasteiger partial charge in [-0.1, -0.05) is 17.7 Å². The van der Waals surface area contributed by atoms with Gasteiger partial charge in [-0.25, -0.2) is 0 Å².